The molecule has 0 aliphatic carbocycles. The summed E-state index contributed by atoms with van der Waals surface area (Å²) in [5.41, 5.74) is 6.91. The lowest BCUT2D eigenvalue weighted by molar-refractivity contribution is 0.215. The summed E-state index contributed by atoms with van der Waals surface area (Å²) in [4.78, 5) is 12.2. The van der Waals surface area contributed by atoms with E-state index >= 15 is 0 Å². The number of hydrogen-bond donors (Lipinski definition) is 1. The Kier molecular flexibility index (Phi) is 2.92. The van der Waals surface area contributed by atoms with Crippen molar-refractivity contribution in [2.45, 2.75) is 32.4 Å². The molecule has 0 bridgehead atoms. The van der Waals surface area contributed by atoms with Crippen molar-refractivity contribution in [2.75, 3.05) is 13.1 Å². The Hall–Kier alpha value is -0.770. The van der Waals surface area contributed by atoms with E-state index in [1.807, 2.05) is 0 Å². The van der Waals surface area contributed by atoms with Gasteiger partial charge >= 0.3 is 6.03 Å². The topological polar surface area (TPSA) is 56.1 Å². The van der Waals surface area contributed by atoms with Crippen LogP contribution >= 0.6 is 0 Å². The van der Waals surface area contributed by atoms with E-state index in [9.17, 15) is 4.79 Å². The number of carbonyl (C=O) groups excluding carboxylic acids is 1. The van der Waals surface area contributed by atoms with Crippen LogP contribution in [-0.2, 0) is 0 Å². The molecule has 0 spiro atoms. The second kappa shape index (κ2) is 3.76. The lowest BCUT2D eigenvalue weighted by atomic mass is 10.2. The standard InChI is InChI=1S/C8H16N3O/c1-6(2)10-7-3-4-11(5-7)8(9)12/h6-7,9-10H,3-5H2,1-2H3. The first kappa shape index (κ1) is 9.32. The summed E-state index contributed by atoms with van der Waals surface area (Å²) in [7, 11) is 0. The molecule has 12 heavy (non-hydrogen) atoms. The molecule has 1 heterocycles. The van der Waals surface area contributed by atoms with E-state index in [1.165, 1.54) is 0 Å². The van der Waals surface area contributed by atoms with E-state index < -0.39 is 6.03 Å². The van der Waals surface area contributed by atoms with Crippen molar-refractivity contribution in [3.05, 3.63) is 0 Å². The predicted molar refractivity (Wildman–Crippen MR) is 46.7 cm³/mol. The highest BCUT2D eigenvalue weighted by Crippen LogP contribution is 2.09. The van der Waals surface area contributed by atoms with Gasteiger partial charge in [-0.05, 0) is 6.42 Å². The molecule has 1 atom stereocenters. The summed E-state index contributed by atoms with van der Waals surface area (Å²) >= 11 is 0. The Morgan fingerprint density at radius 3 is 2.75 bits per heavy atom. The van der Waals surface area contributed by atoms with E-state index in [0.717, 1.165) is 13.0 Å². The predicted octanol–water partition coefficient (Wildman–Crippen LogP) is 0.462. The normalized spacial score (nSPS) is 23.6. The van der Waals surface area contributed by atoms with Gasteiger partial charge in [-0.15, -0.1) is 0 Å². The maximum atomic E-state index is 10.6. The Bertz CT molecular complexity index is 170. The summed E-state index contributed by atoms with van der Waals surface area (Å²) in [5.74, 6) is 0. The number of likely N-dealkylation sites (tertiary alicyclic amines) is 1. The average Bonchev–Trinajstić information content (AvgIpc) is 2.34. The van der Waals surface area contributed by atoms with Gasteiger partial charge in [0.15, 0.2) is 0 Å². The third kappa shape index (κ3) is 2.37. The van der Waals surface area contributed by atoms with Crippen LogP contribution < -0.4 is 11.1 Å². The molecule has 0 aromatic rings. The number of amides is 2. The Morgan fingerprint density at radius 2 is 2.33 bits per heavy atom. The van der Waals surface area contributed by atoms with Crippen LogP contribution in [0.3, 0.4) is 0 Å². The third-order valence-corrected chi connectivity index (χ3v) is 2.04. The van der Waals surface area contributed by atoms with Crippen LogP contribution in [0, 0.1) is 0 Å². The van der Waals surface area contributed by atoms with Crippen LogP contribution in [0.5, 0.6) is 0 Å². The molecule has 2 amide bonds. The van der Waals surface area contributed by atoms with Crippen molar-refractivity contribution in [3.8, 4) is 0 Å². The second-order valence-electron chi connectivity index (χ2n) is 3.56. The highest BCUT2D eigenvalue weighted by Gasteiger charge is 2.24. The minimum Gasteiger partial charge on any atom is -0.322 e. The monoisotopic (exact) mass is 170 g/mol. The maximum absolute atomic E-state index is 10.6. The lowest BCUT2D eigenvalue weighted by Gasteiger charge is -2.16. The zero-order valence-corrected chi connectivity index (χ0v) is 7.63. The van der Waals surface area contributed by atoms with Gasteiger partial charge < -0.3 is 10.2 Å². The minimum atomic E-state index is -0.553. The van der Waals surface area contributed by atoms with Gasteiger partial charge in [0.25, 0.3) is 0 Å². The molecule has 69 valence electrons. The van der Waals surface area contributed by atoms with Gasteiger partial charge in [-0.2, -0.15) is 0 Å². The van der Waals surface area contributed by atoms with Gasteiger partial charge in [0, 0.05) is 25.2 Å². The molecule has 1 fully saturated rings. The fraction of sp³-hybridized carbons (Fsp3) is 0.875. The highest BCUT2D eigenvalue weighted by atomic mass is 16.2. The molecule has 1 rings (SSSR count). The number of nitrogens with one attached hydrogen (secondary N) is 2. The largest absolute Gasteiger partial charge is 0.336 e. The molecule has 1 aliphatic heterocycles. The number of nitrogens with zero attached hydrogens (tertiary/aromatic N) is 1. The molecule has 0 saturated carbocycles. The van der Waals surface area contributed by atoms with Gasteiger partial charge in [0.05, 0.1) is 0 Å². The smallest absolute Gasteiger partial charge is 0.322 e. The lowest BCUT2D eigenvalue weighted by Crippen LogP contribution is -2.38. The number of carbonyl (C=O) groups is 1. The first-order chi connectivity index (χ1) is 5.59. The molecule has 1 aliphatic rings. The van der Waals surface area contributed by atoms with Crippen LogP contribution in [0.4, 0.5) is 4.79 Å². The van der Waals surface area contributed by atoms with Gasteiger partial charge in [-0.1, -0.05) is 13.8 Å². The maximum Gasteiger partial charge on any atom is 0.336 e. The van der Waals surface area contributed by atoms with E-state index in [2.05, 4.69) is 19.2 Å². The quantitative estimate of drug-likeness (QED) is 0.654. The molecular formula is C8H16N3O. The summed E-state index contributed by atoms with van der Waals surface area (Å²) in [6.07, 6.45) is 0.975. The van der Waals surface area contributed by atoms with Crippen molar-refractivity contribution in [1.82, 2.24) is 16.0 Å². The molecule has 1 unspecified atom stereocenters. The van der Waals surface area contributed by atoms with Crippen LogP contribution in [-0.4, -0.2) is 36.1 Å². The van der Waals surface area contributed by atoms with Gasteiger partial charge in [-0.25, -0.2) is 10.5 Å². The van der Waals surface area contributed by atoms with Crippen molar-refractivity contribution in [3.63, 3.8) is 0 Å². The van der Waals surface area contributed by atoms with Crippen LogP contribution in [0.25, 0.3) is 0 Å². The molecule has 0 aromatic carbocycles. The summed E-state index contributed by atoms with van der Waals surface area (Å²) in [6.45, 7) is 5.60. The van der Waals surface area contributed by atoms with Gasteiger partial charge in [0.1, 0.15) is 0 Å². The number of rotatable bonds is 2. The highest BCUT2D eigenvalue weighted by molar-refractivity contribution is 5.71. The fourth-order valence-electron chi connectivity index (χ4n) is 1.55. The van der Waals surface area contributed by atoms with Gasteiger partial charge in [0.2, 0.25) is 0 Å². The molecule has 0 aromatic heterocycles. The molecule has 1 saturated heterocycles. The summed E-state index contributed by atoms with van der Waals surface area (Å²) in [6, 6.07) is 0.290. The van der Waals surface area contributed by atoms with E-state index in [4.69, 9.17) is 5.73 Å². The molecule has 4 heteroatoms. The first-order valence-corrected chi connectivity index (χ1v) is 4.36. The molecule has 4 nitrogen and oxygen atoms in total. The van der Waals surface area contributed by atoms with Crippen LogP contribution in [0.15, 0.2) is 0 Å². The van der Waals surface area contributed by atoms with E-state index in [0.29, 0.717) is 18.6 Å². The number of urea groups is 1. The average molecular weight is 170 g/mol. The molecular weight excluding hydrogens is 154 g/mol. The second-order valence-corrected chi connectivity index (χ2v) is 3.56. The van der Waals surface area contributed by atoms with Crippen LogP contribution in [0.1, 0.15) is 20.3 Å². The number of hydrogen-bond acceptors (Lipinski definition) is 2. The van der Waals surface area contributed by atoms with Crippen LogP contribution in [0.2, 0.25) is 0 Å². The summed E-state index contributed by atoms with van der Waals surface area (Å²) in [5, 5.41) is 3.35. The van der Waals surface area contributed by atoms with Crippen molar-refractivity contribution < 1.29 is 4.79 Å². The Labute approximate surface area is 73.1 Å². The first-order valence-electron chi connectivity index (χ1n) is 4.36. The summed E-state index contributed by atoms with van der Waals surface area (Å²) < 4.78 is 0. The molecule has 1 radical (unpaired) electrons. The van der Waals surface area contributed by atoms with E-state index in [-0.39, 0.29) is 0 Å². The van der Waals surface area contributed by atoms with Crippen molar-refractivity contribution >= 4 is 6.03 Å². The SMILES string of the molecule is CC(C)NC1CCN(C([NH])=O)C1. The third-order valence-electron chi connectivity index (χ3n) is 2.04. The zero-order chi connectivity index (χ0) is 9.14. The van der Waals surface area contributed by atoms with Gasteiger partial charge in [-0.3, -0.25) is 0 Å². The van der Waals surface area contributed by atoms with E-state index in [1.54, 1.807) is 4.90 Å². The van der Waals surface area contributed by atoms with Crippen molar-refractivity contribution in [2.24, 2.45) is 0 Å². The Morgan fingerprint density at radius 1 is 1.67 bits per heavy atom. The minimum absolute atomic E-state index is 0.388. The Balaban J connectivity index is 2.30. The fourth-order valence-corrected chi connectivity index (χ4v) is 1.55. The zero-order valence-electron chi connectivity index (χ0n) is 7.63. The van der Waals surface area contributed by atoms with Crippen molar-refractivity contribution in [1.29, 1.82) is 0 Å². The molecule has 2 N–H and O–H groups in total.